The van der Waals surface area contributed by atoms with Gasteiger partial charge in [0, 0.05) is 18.4 Å². The Morgan fingerprint density at radius 3 is 2.65 bits per heavy atom. The van der Waals surface area contributed by atoms with Gasteiger partial charge in [-0.15, -0.1) is 0 Å². The molecular weight excluding hydrogens is 334 g/mol. The van der Waals surface area contributed by atoms with Crippen LogP contribution in [0.1, 0.15) is 38.2 Å². The maximum Gasteiger partial charge on any atom is 0.340 e. The van der Waals surface area contributed by atoms with Crippen molar-refractivity contribution < 1.29 is 23.8 Å². The third-order valence-corrected chi connectivity index (χ3v) is 4.79. The summed E-state index contributed by atoms with van der Waals surface area (Å²) in [6, 6.07) is 7.25. The second-order valence-electron chi connectivity index (χ2n) is 7.36. The average Bonchev–Trinajstić information content (AvgIpc) is 2.58. The fourth-order valence-corrected chi connectivity index (χ4v) is 3.65. The van der Waals surface area contributed by atoms with Crippen molar-refractivity contribution in [3.63, 3.8) is 0 Å². The zero-order valence-corrected chi connectivity index (χ0v) is 15.4. The van der Waals surface area contributed by atoms with E-state index >= 15 is 0 Å². The first-order chi connectivity index (χ1) is 12.3. The minimum Gasteiger partial charge on any atom is -0.497 e. The van der Waals surface area contributed by atoms with E-state index in [2.05, 4.69) is 0 Å². The maximum atomic E-state index is 13.0. The molecule has 1 aliphatic carbocycles. The molecule has 0 aromatic heterocycles. The molecule has 0 saturated carbocycles. The molecule has 2 N–H and O–H groups in total. The molecule has 3 rings (SSSR count). The molecule has 138 valence electrons. The lowest BCUT2D eigenvalue weighted by Gasteiger charge is -2.37. The van der Waals surface area contributed by atoms with Crippen LogP contribution in [0.3, 0.4) is 0 Å². The minimum absolute atomic E-state index is 0.0195. The first-order valence-electron chi connectivity index (χ1n) is 8.43. The number of allylic oxidation sites excluding steroid dienone is 2. The van der Waals surface area contributed by atoms with Crippen LogP contribution in [0.4, 0.5) is 0 Å². The molecule has 1 aromatic rings. The number of carbonyl (C=O) groups is 2. The molecule has 0 unspecified atom stereocenters. The van der Waals surface area contributed by atoms with Gasteiger partial charge in [-0.1, -0.05) is 26.0 Å². The summed E-state index contributed by atoms with van der Waals surface area (Å²) in [4.78, 5) is 25.4. The van der Waals surface area contributed by atoms with E-state index in [1.54, 1.807) is 19.2 Å². The second kappa shape index (κ2) is 6.52. The summed E-state index contributed by atoms with van der Waals surface area (Å²) in [5, 5.41) is 0. The molecule has 26 heavy (non-hydrogen) atoms. The lowest BCUT2D eigenvalue weighted by molar-refractivity contribution is -0.136. The molecule has 0 spiro atoms. The highest BCUT2D eigenvalue weighted by Gasteiger charge is 2.44. The summed E-state index contributed by atoms with van der Waals surface area (Å²) < 4.78 is 15.9. The van der Waals surface area contributed by atoms with E-state index in [1.807, 2.05) is 26.0 Å². The van der Waals surface area contributed by atoms with Gasteiger partial charge in [-0.25, -0.2) is 4.79 Å². The van der Waals surface area contributed by atoms with Crippen LogP contribution >= 0.6 is 0 Å². The van der Waals surface area contributed by atoms with E-state index < -0.39 is 11.9 Å². The summed E-state index contributed by atoms with van der Waals surface area (Å²) >= 11 is 0. The van der Waals surface area contributed by atoms with Crippen LogP contribution in [-0.4, -0.2) is 26.0 Å². The molecule has 1 heterocycles. The van der Waals surface area contributed by atoms with Gasteiger partial charge in [-0.05, 0) is 23.1 Å². The van der Waals surface area contributed by atoms with Crippen molar-refractivity contribution in [1.29, 1.82) is 0 Å². The van der Waals surface area contributed by atoms with Crippen molar-refractivity contribution in [2.45, 2.75) is 32.6 Å². The molecule has 0 fully saturated rings. The van der Waals surface area contributed by atoms with E-state index in [4.69, 9.17) is 19.9 Å². The smallest absolute Gasteiger partial charge is 0.340 e. The van der Waals surface area contributed by atoms with Gasteiger partial charge in [0.1, 0.15) is 17.1 Å². The van der Waals surface area contributed by atoms with Gasteiger partial charge < -0.3 is 19.9 Å². The largest absolute Gasteiger partial charge is 0.497 e. The highest BCUT2D eigenvalue weighted by molar-refractivity contribution is 6.03. The lowest BCUT2D eigenvalue weighted by Crippen LogP contribution is -2.35. The molecule has 6 heteroatoms. The quantitative estimate of drug-likeness (QED) is 0.837. The Kier molecular flexibility index (Phi) is 4.52. The monoisotopic (exact) mass is 357 g/mol. The van der Waals surface area contributed by atoms with Crippen molar-refractivity contribution in [2.24, 2.45) is 11.1 Å². The Labute approximate surface area is 152 Å². The summed E-state index contributed by atoms with van der Waals surface area (Å²) in [5.74, 6) is -0.150. The average molecular weight is 357 g/mol. The van der Waals surface area contributed by atoms with Gasteiger partial charge in [0.25, 0.3) is 0 Å². The number of hydrogen-bond donors (Lipinski definition) is 1. The van der Waals surface area contributed by atoms with E-state index in [0.717, 1.165) is 5.56 Å². The number of ether oxygens (including phenoxy) is 3. The third-order valence-electron chi connectivity index (χ3n) is 4.79. The van der Waals surface area contributed by atoms with Gasteiger partial charge >= 0.3 is 5.97 Å². The van der Waals surface area contributed by atoms with Gasteiger partial charge in [-0.2, -0.15) is 0 Å². The normalized spacial score (nSPS) is 21.8. The predicted octanol–water partition coefficient (Wildman–Crippen LogP) is 2.80. The molecule has 0 amide bonds. The number of rotatable bonds is 3. The Morgan fingerprint density at radius 2 is 2.00 bits per heavy atom. The van der Waals surface area contributed by atoms with Crippen molar-refractivity contribution >= 4 is 11.8 Å². The van der Waals surface area contributed by atoms with Crippen molar-refractivity contribution in [2.75, 3.05) is 14.2 Å². The molecule has 0 saturated heterocycles. The Morgan fingerprint density at radius 1 is 1.27 bits per heavy atom. The predicted molar refractivity (Wildman–Crippen MR) is 95.1 cm³/mol. The number of carbonyl (C=O) groups excluding carboxylic acids is 2. The molecule has 1 atom stereocenters. The summed E-state index contributed by atoms with van der Waals surface area (Å²) in [6.45, 7) is 4.02. The number of ketones is 1. The third kappa shape index (κ3) is 3.07. The van der Waals surface area contributed by atoms with Crippen molar-refractivity contribution in [3.05, 3.63) is 52.6 Å². The molecular formula is C20H23NO5. The molecule has 6 nitrogen and oxygen atoms in total. The van der Waals surface area contributed by atoms with E-state index in [9.17, 15) is 9.59 Å². The number of esters is 1. The summed E-state index contributed by atoms with van der Waals surface area (Å²) in [5.41, 5.74) is 7.21. The first kappa shape index (κ1) is 18.0. The Balaban J connectivity index is 2.21. The molecule has 1 aromatic carbocycles. The lowest BCUT2D eigenvalue weighted by atomic mass is 9.70. The SMILES string of the molecule is COC(=O)C1=C(N)OC2=C(C(=O)CC(C)(C)C2)[C@H]1c1cccc(OC)c1. The van der Waals surface area contributed by atoms with Crippen LogP contribution < -0.4 is 10.5 Å². The summed E-state index contributed by atoms with van der Waals surface area (Å²) in [7, 11) is 2.84. The van der Waals surface area contributed by atoms with Crippen molar-refractivity contribution in [1.82, 2.24) is 0 Å². The van der Waals surface area contributed by atoms with E-state index in [1.165, 1.54) is 7.11 Å². The number of benzene rings is 1. The molecule has 1 aliphatic heterocycles. The number of Topliss-reactive ketones (excluding diaryl/α,β-unsaturated/α-hetero) is 1. The zero-order valence-electron chi connectivity index (χ0n) is 15.4. The number of hydrogen-bond acceptors (Lipinski definition) is 6. The number of nitrogens with two attached hydrogens (primary N) is 1. The molecule has 0 radical (unpaired) electrons. The van der Waals surface area contributed by atoms with Gasteiger partial charge in [-0.3, -0.25) is 4.79 Å². The van der Waals surface area contributed by atoms with Crippen LogP contribution in [0.25, 0.3) is 0 Å². The first-order valence-corrected chi connectivity index (χ1v) is 8.43. The van der Waals surface area contributed by atoms with Crippen LogP contribution in [0.2, 0.25) is 0 Å². The summed E-state index contributed by atoms with van der Waals surface area (Å²) in [6.07, 6.45) is 0.952. The highest BCUT2D eigenvalue weighted by Crippen LogP contribution is 2.48. The van der Waals surface area contributed by atoms with Crippen molar-refractivity contribution in [3.8, 4) is 5.75 Å². The topological polar surface area (TPSA) is 87.9 Å². The number of methoxy groups -OCH3 is 2. The van der Waals surface area contributed by atoms with Crippen LogP contribution in [0.5, 0.6) is 5.75 Å². The highest BCUT2D eigenvalue weighted by atomic mass is 16.5. The fraction of sp³-hybridized carbons (Fsp3) is 0.400. The Bertz CT molecular complexity index is 834. The maximum absolute atomic E-state index is 13.0. The van der Waals surface area contributed by atoms with E-state index in [-0.39, 0.29) is 22.7 Å². The van der Waals surface area contributed by atoms with Crippen LogP contribution in [0, 0.1) is 5.41 Å². The zero-order chi connectivity index (χ0) is 19.1. The van der Waals surface area contributed by atoms with Gasteiger partial charge in [0.2, 0.25) is 5.88 Å². The second-order valence-corrected chi connectivity index (χ2v) is 7.36. The Hall–Kier alpha value is -2.76. The standard InChI is InChI=1S/C20H23NO5/c1-20(2)9-13(22)16-14(10-20)26-18(21)17(19(23)25-4)15(16)11-6-5-7-12(8-11)24-3/h5-8,15H,9-10,21H2,1-4H3/t15-/m1/s1. The molecule has 0 bridgehead atoms. The van der Waals surface area contributed by atoms with E-state index in [0.29, 0.717) is 29.9 Å². The van der Waals surface area contributed by atoms with Crippen LogP contribution in [0.15, 0.2) is 47.1 Å². The van der Waals surface area contributed by atoms with Gasteiger partial charge in [0.05, 0.1) is 20.1 Å². The molecule has 2 aliphatic rings. The minimum atomic E-state index is -0.634. The van der Waals surface area contributed by atoms with Crippen LogP contribution in [-0.2, 0) is 19.1 Å². The van der Waals surface area contributed by atoms with Gasteiger partial charge in [0.15, 0.2) is 5.78 Å². The fourth-order valence-electron chi connectivity index (χ4n) is 3.65.